The molecular weight excluding hydrogens is 326 g/mol. The van der Waals surface area contributed by atoms with Crippen molar-refractivity contribution in [2.45, 2.75) is 13.8 Å². The molecule has 5 nitrogen and oxygen atoms in total. The maximum absolute atomic E-state index is 12.4. The molecule has 0 saturated carbocycles. The fourth-order valence-electron chi connectivity index (χ4n) is 2.51. The third kappa shape index (κ3) is 4.19. The van der Waals surface area contributed by atoms with Crippen molar-refractivity contribution in [3.8, 4) is 5.75 Å². The first-order valence-corrected chi connectivity index (χ1v) is 8.49. The smallest absolute Gasteiger partial charge is 0.274 e. The maximum Gasteiger partial charge on any atom is 0.274 e. The van der Waals surface area contributed by atoms with Crippen molar-refractivity contribution < 1.29 is 9.53 Å². The van der Waals surface area contributed by atoms with E-state index in [0.29, 0.717) is 23.7 Å². The quantitative estimate of drug-likeness (QED) is 0.673. The van der Waals surface area contributed by atoms with E-state index < -0.39 is 0 Å². The molecule has 3 rings (SSSR count). The molecule has 132 valence electrons. The van der Waals surface area contributed by atoms with Gasteiger partial charge in [0, 0.05) is 5.69 Å². The normalized spacial score (nSPS) is 10.2. The maximum atomic E-state index is 12.4. The third-order valence-corrected chi connectivity index (χ3v) is 3.86. The van der Waals surface area contributed by atoms with E-state index in [-0.39, 0.29) is 5.91 Å². The molecule has 0 fully saturated rings. The first kappa shape index (κ1) is 17.5. The number of hydrogen-bond donors (Lipinski definition) is 2. The van der Waals surface area contributed by atoms with E-state index in [2.05, 4.69) is 15.6 Å². The Bertz CT molecular complexity index is 892. The van der Waals surface area contributed by atoms with Gasteiger partial charge in [-0.15, -0.1) is 0 Å². The van der Waals surface area contributed by atoms with Crippen LogP contribution in [0.4, 0.5) is 17.1 Å². The summed E-state index contributed by atoms with van der Waals surface area (Å²) in [6.07, 6.45) is 1.65. The van der Waals surface area contributed by atoms with Gasteiger partial charge in [0.2, 0.25) is 0 Å². The number of carbonyl (C=O) groups is 1. The number of pyridine rings is 1. The van der Waals surface area contributed by atoms with E-state index in [0.717, 1.165) is 16.9 Å². The average molecular weight is 347 g/mol. The lowest BCUT2D eigenvalue weighted by molar-refractivity contribution is 0.102. The molecule has 0 aliphatic rings. The average Bonchev–Trinajstić information content (AvgIpc) is 2.66. The van der Waals surface area contributed by atoms with Crippen LogP contribution in [-0.2, 0) is 0 Å². The zero-order chi connectivity index (χ0) is 18.4. The van der Waals surface area contributed by atoms with Crippen molar-refractivity contribution in [2.24, 2.45) is 0 Å². The van der Waals surface area contributed by atoms with Crippen LogP contribution in [0.2, 0.25) is 0 Å². The van der Waals surface area contributed by atoms with Gasteiger partial charge in [-0.2, -0.15) is 0 Å². The second-order valence-electron chi connectivity index (χ2n) is 5.76. The molecule has 0 unspecified atom stereocenters. The van der Waals surface area contributed by atoms with Crippen molar-refractivity contribution in [1.82, 2.24) is 4.98 Å². The molecule has 3 aromatic rings. The van der Waals surface area contributed by atoms with Gasteiger partial charge in [0.05, 0.1) is 24.2 Å². The Morgan fingerprint density at radius 3 is 2.42 bits per heavy atom. The number of ether oxygens (including phenoxy) is 1. The fraction of sp³-hybridized carbons (Fsp3) is 0.143. The molecule has 0 aliphatic carbocycles. The zero-order valence-electron chi connectivity index (χ0n) is 14.8. The van der Waals surface area contributed by atoms with Crippen LogP contribution in [0.1, 0.15) is 23.0 Å². The highest BCUT2D eigenvalue weighted by atomic mass is 16.5. The van der Waals surface area contributed by atoms with Crippen LogP contribution >= 0.6 is 0 Å². The summed E-state index contributed by atoms with van der Waals surface area (Å²) in [5, 5.41) is 6.14. The van der Waals surface area contributed by atoms with Crippen LogP contribution in [0.15, 0.2) is 66.9 Å². The van der Waals surface area contributed by atoms with Gasteiger partial charge >= 0.3 is 0 Å². The summed E-state index contributed by atoms with van der Waals surface area (Å²) in [6.45, 7) is 4.47. The number of amides is 1. The number of rotatable bonds is 6. The second kappa shape index (κ2) is 8.16. The van der Waals surface area contributed by atoms with Gasteiger partial charge in [-0.25, -0.2) is 4.98 Å². The first-order valence-electron chi connectivity index (χ1n) is 8.49. The number of benzene rings is 2. The third-order valence-electron chi connectivity index (χ3n) is 3.86. The van der Waals surface area contributed by atoms with Crippen LogP contribution in [0.25, 0.3) is 0 Å². The van der Waals surface area contributed by atoms with Gasteiger partial charge in [0.25, 0.3) is 5.91 Å². The van der Waals surface area contributed by atoms with E-state index in [1.807, 2.05) is 62.4 Å². The van der Waals surface area contributed by atoms with Crippen molar-refractivity contribution in [3.05, 3.63) is 78.1 Å². The molecular formula is C21H21N3O2. The van der Waals surface area contributed by atoms with Crippen LogP contribution in [0.3, 0.4) is 0 Å². The minimum absolute atomic E-state index is 0.278. The Balaban J connectivity index is 1.70. The van der Waals surface area contributed by atoms with Crippen molar-refractivity contribution in [1.29, 1.82) is 0 Å². The molecule has 1 amide bonds. The highest BCUT2D eigenvalue weighted by molar-refractivity contribution is 6.03. The Labute approximate surface area is 153 Å². The summed E-state index contributed by atoms with van der Waals surface area (Å²) < 4.78 is 5.53. The summed E-state index contributed by atoms with van der Waals surface area (Å²) >= 11 is 0. The molecule has 5 heteroatoms. The number of carbonyl (C=O) groups excluding carboxylic acids is 1. The van der Waals surface area contributed by atoms with Gasteiger partial charge < -0.3 is 15.4 Å². The van der Waals surface area contributed by atoms with Crippen LogP contribution < -0.4 is 15.4 Å². The molecule has 1 heterocycles. The summed E-state index contributed by atoms with van der Waals surface area (Å²) in [5.41, 5.74) is 3.94. The van der Waals surface area contributed by atoms with Gasteiger partial charge in [-0.05, 0) is 49.7 Å². The molecule has 0 bridgehead atoms. The van der Waals surface area contributed by atoms with Crippen LogP contribution in [-0.4, -0.2) is 17.5 Å². The Morgan fingerprint density at radius 2 is 1.73 bits per heavy atom. The minimum Gasteiger partial charge on any atom is -0.492 e. The van der Waals surface area contributed by atoms with Crippen LogP contribution in [0.5, 0.6) is 5.75 Å². The number of aromatic nitrogens is 1. The van der Waals surface area contributed by atoms with Crippen LogP contribution in [0, 0.1) is 6.92 Å². The molecule has 0 spiro atoms. The van der Waals surface area contributed by atoms with E-state index >= 15 is 0 Å². The number of nitrogens with one attached hydrogen (secondary N) is 2. The predicted molar refractivity (Wildman–Crippen MR) is 104 cm³/mol. The van der Waals surface area contributed by atoms with E-state index in [1.165, 1.54) is 0 Å². The summed E-state index contributed by atoms with van der Waals surface area (Å²) in [6, 6.07) is 18.9. The first-order chi connectivity index (χ1) is 12.7. The number of nitrogens with zero attached hydrogens (tertiary/aromatic N) is 1. The summed E-state index contributed by atoms with van der Waals surface area (Å²) in [7, 11) is 0. The van der Waals surface area contributed by atoms with Gasteiger partial charge in [-0.1, -0.05) is 30.3 Å². The number of anilines is 3. The monoisotopic (exact) mass is 347 g/mol. The van der Waals surface area contributed by atoms with E-state index in [1.54, 1.807) is 18.3 Å². The van der Waals surface area contributed by atoms with Crippen molar-refractivity contribution in [2.75, 3.05) is 17.2 Å². The van der Waals surface area contributed by atoms with Crippen molar-refractivity contribution >= 4 is 23.0 Å². The number of para-hydroxylation sites is 3. The lowest BCUT2D eigenvalue weighted by Gasteiger charge is -2.12. The Kier molecular flexibility index (Phi) is 5.49. The van der Waals surface area contributed by atoms with Gasteiger partial charge in [0.15, 0.2) is 0 Å². The van der Waals surface area contributed by atoms with E-state index in [9.17, 15) is 4.79 Å². The molecule has 2 N–H and O–H groups in total. The highest BCUT2D eigenvalue weighted by Gasteiger charge is 2.11. The molecule has 26 heavy (non-hydrogen) atoms. The predicted octanol–water partition coefficient (Wildman–Crippen LogP) is 4.78. The molecule has 0 radical (unpaired) electrons. The molecule has 0 aliphatic heterocycles. The summed E-state index contributed by atoms with van der Waals surface area (Å²) in [5.74, 6) is 0.362. The Morgan fingerprint density at radius 1 is 1.00 bits per heavy atom. The molecule has 0 saturated heterocycles. The van der Waals surface area contributed by atoms with E-state index in [4.69, 9.17) is 4.74 Å². The molecule has 1 aromatic heterocycles. The van der Waals surface area contributed by atoms with Crippen molar-refractivity contribution in [3.63, 3.8) is 0 Å². The zero-order valence-corrected chi connectivity index (χ0v) is 14.8. The second-order valence-corrected chi connectivity index (χ2v) is 5.76. The highest BCUT2D eigenvalue weighted by Crippen LogP contribution is 2.24. The Hall–Kier alpha value is -3.34. The summed E-state index contributed by atoms with van der Waals surface area (Å²) in [4.78, 5) is 16.7. The largest absolute Gasteiger partial charge is 0.492 e. The molecule has 2 aromatic carbocycles. The van der Waals surface area contributed by atoms with Gasteiger partial charge in [-0.3, -0.25) is 4.79 Å². The minimum atomic E-state index is -0.278. The SMILES string of the molecule is CCOc1ccccc1NC(=O)c1ccc(Nc2ccccc2C)cn1. The van der Waals surface area contributed by atoms with Gasteiger partial charge in [0.1, 0.15) is 11.4 Å². The number of hydrogen-bond acceptors (Lipinski definition) is 4. The lowest BCUT2D eigenvalue weighted by Crippen LogP contribution is -2.14. The topological polar surface area (TPSA) is 63.2 Å². The lowest BCUT2D eigenvalue weighted by atomic mass is 10.2. The number of aryl methyl sites for hydroxylation is 1. The standard InChI is InChI=1S/C21H21N3O2/c1-3-26-20-11-7-6-10-18(20)24-21(25)19-13-12-16(14-22-19)23-17-9-5-4-8-15(17)2/h4-14,23H,3H2,1-2H3,(H,24,25). The molecule has 0 atom stereocenters. The fourth-order valence-corrected chi connectivity index (χ4v) is 2.51.